The van der Waals surface area contributed by atoms with E-state index in [-0.39, 0.29) is 18.6 Å². The van der Waals surface area contributed by atoms with Gasteiger partial charge in [-0.2, -0.15) is 0 Å². The molecule has 0 aromatic carbocycles. The number of rotatable bonds is 7. The van der Waals surface area contributed by atoms with E-state index in [1.165, 1.54) is 0 Å². The van der Waals surface area contributed by atoms with Crippen LogP contribution in [0.1, 0.15) is 46.5 Å². The summed E-state index contributed by atoms with van der Waals surface area (Å²) in [5.41, 5.74) is 0.151. The molecule has 0 aromatic rings. The standard InChI is InChI=1S/C11H24O2/c1-4-5-11(6-8-12,7-9-13)10(2)3/h10,12-13H,4-9H2,1-3H3. The highest BCUT2D eigenvalue weighted by Gasteiger charge is 2.31. The Bertz CT molecular complexity index is 104. The van der Waals surface area contributed by atoms with Crippen LogP contribution in [0.15, 0.2) is 0 Å². The minimum absolute atomic E-state index is 0.151. The topological polar surface area (TPSA) is 40.5 Å². The molecule has 2 N–H and O–H groups in total. The summed E-state index contributed by atoms with van der Waals surface area (Å²) in [7, 11) is 0. The monoisotopic (exact) mass is 188 g/mol. The van der Waals surface area contributed by atoms with Gasteiger partial charge in [0.25, 0.3) is 0 Å². The van der Waals surface area contributed by atoms with Crippen molar-refractivity contribution >= 4 is 0 Å². The molecule has 0 rings (SSSR count). The number of aliphatic hydroxyl groups excluding tert-OH is 2. The summed E-state index contributed by atoms with van der Waals surface area (Å²) < 4.78 is 0. The molecular weight excluding hydrogens is 164 g/mol. The van der Waals surface area contributed by atoms with Gasteiger partial charge in [0.15, 0.2) is 0 Å². The molecule has 0 bridgehead atoms. The molecule has 2 heteroatoms. The van der Waals surface area contributed by atoms with Crippen molar-refractivity contribution in [3.05, 3.63) is 0 Å². The molecule has 0 aliphatic rings. The molecule has 0 radical (unpaired) electrons. The van der Waals surface area contributed by atoms with Gasteiger partial charge in [-0.1, -0.05) is 27.2 Å². The van der Waals surface area contributed by atoms with Crippen LogP contribution in [-0.2, 0) is 0 Å². The molecule has 13 heavy (non-hydrogen) atoms. The Morgan fingerprint density at radius 1 is 1.00 bits per heavy atom. The Morgan fingerprint density at radius 3 is 1.69 bits per heavy atom. The highest BCUT2D eigenvalue weighted by molar-refractivity contribution is 4.81. The third-order valence-corrected chi connectivity index (χ3v) is 3.19. The summed E-state index contributed by atoms with van der Waals surface area (Å²) in [5, 5.41) is 18.0. The zero-order valence-electron chi connectivity index (χ0n) is 9.21. The molecular formula is C11H24O2. The van der Waals surface area contributed by atoms with Gasteiger partial charge < -0.3 is 10.2 Å². The molecule has 0 aromatic heterocycles. The van der Waals surface area contributed by atoms with Gasteiger partial charge in [0, 0.05) is 13.2 Å². The normalized spacial score (nSPS) is 12.5. The Labute approximate surface area is 82.0 Å². The van der Waals surface area contributed by atoms with Gasteiger partial charge in [-0.3, -0.25) is 0 Å². The molecule has 0 heterocycles. The van der Waals surface area contributed by atoms with Gasteiger partial charge >= 0.3 is 0 Å². The zero-order chi connectivity index (χ0) is 10.3. The average molecular weight is 188 g/mol. The minimum Gasteiger partial charge on any atom is -0.396 e. The first-order valence-electron chi connectivity index (χ1n) is 5.34. The SMILES string of the molecule is CCCC(CCO)(CCO)C(C)C. The summed E-state index contributed by atoms with van der Waals surface area (Å²) in [4.78, 5) is 0. The molecule has 0 aliphatic heterocycles. The van der Waals surface area contributed by atoms with Crippen LogP contribution in [0.4, 0.5) is 0 Å². The van der Waals surface area contributed by atoms with E-state index in [2.05, 4.69) is 20.8 Å². The van der Waals surface area contributed by atoms with Crippen LogP contribution in [0.2, 0.25) is 0 Å². The van der Waals surface area contributed by atoms with Gasteiger partial charge in [0.2, 0.25) is 0 Å². The van der Waals surface area contributed by atoms with Crippen LogP contribution >= 0.6 is 0 Å². The van der Waals surface area contributed by atoms with Crippen LogP contribution in [0.3, 0.4) is 0 Å². The van der Waals surface area contributed by atoms with Crippen molar-refractivity contribution in [2.24, 2.45) is 11.3 Å². The van der Waals surface area contributed by atoms with Crippen LogP contribution in [0.5, 0.6) is 0 Å². The molecule has 2 nitrogen and oxygen atoms in total. The second kappa shape index (κ2) is 6.39. The lowest BCUT2D eigenvalue weighted by molar-refractivity contribution is 0.0765. The molecule has 0 fully saturated rings. The molecule has 80 valence electrons. The molecule has 0 atom stereocenters. The number of hydrogen-bond donors (Lipinski definition) is 2. The van der Waals surface area contributed by atoms with Crippen molar-refractivity contribution in [1.29, 1.82) is 0 Å². The van der Waals surface area contributed by atoms with Crippen molar-refractivity contribution in [3.63, 3.8) is 0 Å². The highest BCUT2D eigenvalue weighted by Crippen LogP contribution is 2.39. The van der Waals surface area contributed by atoms with Gasteiger partial charge in [0.1, 0.15) is 0 Å². The molecule has 0 spiro atoms. The van der Waals surface area contributed by atoms with E-state index < -0.39 is 0 Å². The Morgan fingerprint density at radius 2 is 1.46 bits per heavy atom. The Balaban J connectivity index is 4.38. The van der Waals surface area contributed by atoms with Crippen molar-refractivity contribution in [2.45, 2.75) is 46.5 Å². The van der Waals surface area contributed by atoms with Gasteiger partial charge in [0.05, 0.1) is 0 Å². The molecule has 0 unspecified atom stereocenters. The summed E-state index contributed by atoms with van der Waals surface area (Å²) in [5.74, 6) is 0.534. The van der Waals surface area contributed by atoms with Crippen molar-refractivity contribution in [2.75, 3.05) is 13.2 Å². The zero-order valence-corrected chi connectivity index (χ0v) is 9.21. The molecule has 0 amide bonds. The summed E-state index contributed by atoms with van der Waals surface area (Å²) >= 11 is 0. The third kappa shape index (κ3) is 3.65. The number of aliphatic hydroxyl groups is 2. The summed E-state index contributed by atoms with van der Waals surface area (Å²) in [6.07, 6.45) is 3.86. The first-order chi connectivity index (χ1) is 6.13. The highest BCUT2D eigenvalue weighted by atomic mass is 16.3. The van der Waals surface area contributed by atoms with Gasteiger partial charge in [-0.25, -0.2) is 0 Å². The second-order valence-corrected chi connectivity index (χ2v) is 4.21. The fourth-order valence-electron chi connectivity index (χ4n) is 2.18. The summed E-state index contributed by atoms with van der Waals surface area (Å²) in [6, 6.07) is 0. The lowest BCUT2D eigenvalue weighted by Gasteiger charge is -2.37. The van der Waals surface area contributed by atoms with Crippen molar-refractivity contribution in [3.8, 4) is 0 Å². The van der Waals surface area contributed by atoms with Gasteiger partial charge in [-0.05, 0) is 30.6 Å². The van der Waals surface area contributed by atoms with E-state index in [4.69, 9.17) is 10.2 Å². The number of hydrogen-bond acceptors (Lipinski definition) is 2. The second-order valence-electron chi connectivity index (χ2n) is 4.21. The van der Waals surface area contributed by atoms with E-state index in [0.29, 0.717) is 5.92 Å². The Kier molecular flexibility index (Phi) is 6.35. The maximum atomic E-state index is 9.02. The smallest absolute Gasteiger partial charge is 0.0436 e. The fraction of sp³-hybridized carbons (Fsp3) is 1.00. The van der Waals surface area contributed by atoms with Gasteiger partial charge in [-0.15, -0.1) is 0 Å². The van der Waals surface area contributed by atoms with E-state index in [1.54, 1.807) is 0 Å². The first-order valence-corrected chi connectivity index (χ1v) is 5.34. The lowest BCUT2D eigenvalue weighted by Crippen LogP contribution is -2.29. The van der Waals surface area contributed by atoms with E-state index in [0.717, 1.165) is 25.7 Å². The third-order valence-electron chi connectivity index (χ3n) is 3.19. The lowest BCUT2D eigenvalue weighted by atomic mass is 9.69. The Hall–Kier alpha value is -0.0800. The van der Waals surface area contributed by atoms with Crippen LogP contribution < -0.4 is 0 Å². The predicted molar refractivity (Wildman–Crippen MR) is 55.6 cm³/mol. The minimum atomic E-state index is 0.151. The van der Waals surface area contributed by atoms with Crippen LogP contribution in [0.25, 0.3) is 0 Å². The molecule has 0 saturated heterocycles. The van der Waals surface area contributed by atoms with Crippen molar-refractivity contribution < 1.29 is 10.2 Å². The average Bonchev–Trinajstić information content (AvgIpc) is 2.05. The van der Waals surface area contributed by atoms with E-state index >= 15 is 0 Å². The van der Waals surface area contributed by atoms with E-state index in [1.807, 2.05) is 0 Å². The van der Waals surface area contributed by atoms with Crippen molar-refractivity contribution in [1.82, 2.24) is 0 Å². The summed E-state index contributed by atoms with van der Waals surface area (Å²) in [6.45, 7) is 6.99. The van der Waals surface area contributed by atoms with Crippen LogP contribution in [0, 0.1) is 11.3 Å². The predicted octanol–water partition coefficient (Wildman–Crippen LogP) is 2.19. The van der Waals surface area contributed by atoms with Crippen LogP contribution in [-0.4, -0.2) is 23.4 Å². The maximum absolute atomic E-state index is 9.02. The first kappa shape index (κ1) is 12.9. The fourth-order valence-corrected chi connectivity index (χ4v) is 2.18. The molecule has 0 aliphatic carbocycles. The quantitative estimate of drug-likeness (QED) is 0.643. The maximum Gasteiger partial charge on any atom is 0.0436 e. The molecule has 0 saturated carbocycles. The largest absolute Gasteiger partial charge is 0.396 e. The van der Waals surface area contributed by atoms with E-state index in [9.17, 15) is 0 Å².